The minimum Gasteiger partial charge on any atom is -0.508 e. The molecule has 5 aromatic rings. The first-order valence-electron chi connectivity index (χ1n) is 15.5. The van der Waals surface area contributed by atoms with Gasteiger partial charge in [0.15, 0.2) is 0 Å². The number of sulfonamides is 1. The lowest BCUT2D eigenvalue weighted by atomic mass is 10.1. The van der Waals surface area contributed by atoms with E-state index in [9.17, 15) is 23.1 Å². The Morgan fingerprint density at radius 2 is 1.49 bits per heavy atom. The minimum atomic E-state index is -3.88. The summed E-state index contributed by atoms with van der Waals surface area (Å²) in [5, 5.41) is 21.4. The number of hydrogen-bond acceptors (Lipinski definition) is 12. The molecule has 1 fully saturated rings. The number of hydrogen-bond donors (Lipinski definition) is 2. The third-order valence-electron chi connectivity index (χ3n) is 7.66. The molecule has 1 aromatic heterocycles. The molecule has 0 aliphatic carbocycles. The average molecular weight is 816 g/mol. The van der Waals surface area contributed by atoms with Crippen LogP contribution < -0.4 is 25.2 Å². The summed E-state index contributed by atoms with van der Waals surface area (Å²) in [4.78, 5) is 26.3. The van der Waals surface area contributed by atoms with Gasteiger partial charge < -0.3 is 14.6 Å². The van der Waals surface area contributed by atoms with Gasteiger partial charge in [0.1, 0.15) is 22.8 Å². The molecule has 2 heterocycles. The van der Waals surface area contributed by atoms with E-state index in [1.54, 1.807) is 75.2 Å². The summed E-state index contributed by atoms with van der Waals surface area (Å²) in [5.74, 6) is -0.688. The molecule has 10 nitrogen and oxygen atoms in total. The van der Waals surface area contributed by atoms with Crippen molar-refractivity contribution in [3.05, 3.63) is 108 Å². The quantitative estimate of drug-likeness (QED) is 0.0769. The number of benzene rings is 4. The molecule has 0 unspecified atom stereocenters. The third kappa shape index (κ3) is 8.37. The van der Waals surface area contributed by atoms with Crippen LogP contribution in [0.4, 0.5) is 0 Å². The van der Waals surface area contributed by atoms with E-state index in [1.165, 1.54) is 18.2 Å². The van der Waals surface area contributed by atoms with E-state index >= 15 is 0 Å². The number of aromatic nitrogens is 2. The predicted molar refractivity (Wildman–Crippen MR) is 213 cm³/mol. The van der Waals surface area contributed by atoms with Gasteiger partial charge in [-0.25, -0.2) is 23.0 Å². The number of primary sulfonamides is 1. The van der Waals surface area contributed by atoms with Crippen LogP contribution in [0.2, 0.25) is 0 Å². The fourth-order valence-electron chi connectivity index (χ4n) is 5.08. The van der Waals surface area contributed by atoms with Crippen molar-refractivity contribution in [2.75, 3.05) is 0 Å². The van der Waals surface area contributed by atoms with Crippen LogP contribution in [0.15, 0.2) is 102 Å². The maximum atomic E-state index is 13.6. The Morgan fingerprint density at radius 3 is 2.08 bits per heavy atom. The molecule has 1 aliphatic heterocycles. The van der Waals surface area contributed by atoms with Gasteiger partial charge in [-0.15, -0.1) is 0 Å². The number of nitrogens with zero attached hydrogens (tertiary/aromatic N) is 2. The van der Waals surface area contributed by atoms with Crippen molar-refractivity contribution in [1.82, 2.24) is 9.78 Å². The van der Waals surface area contributed by atoms with Crippen molar-refractivity contribution >= 4 is 87.1 Å². The second kappa shape index (κ2) is 15.0. The van der Waals surface area contributed by atoms with Crippen LogP contribution in [0, 0.1) is 6.92 Å². The minimum absolute atomic E-state index is 0.0305. The molecule has 6 rings (SSSR count). The van der Waals surface area contributed by atoms with Crippen molar-refractivity contribution in [2.24, 2.45) is 5.14 Å². The number of rotatable bonds is 11. The van der Waals surface area contributed by atoms with Crippen LogP contribution in [0.5, 0.6) is 17.2 Å². The lowest BCUT2D eigenvalue weighted by molar-refractivity contribution is -0.134. The molecule has 0 atom stereocenters. The smallest absolute Gasteiger partial charge is 0.347 e. The summed E-state index contributed by atoms with van der Waals surface area (Å²) >= 11 is 15.3. The molecular formula is C34H31N3O7P2S5. The van der Waals surface area contributed by atoms with Crippen molar-refractivity contribution in [3.8, 4) is 34.2 Å². The molecule has 17 heteroatoms. The second-order valence-electron chi connectivity index (χ2n) is 11.5. The number of phenols is 1. The Kier molecular flexibility index (Phi) is 11.0. The van der Waals surface area contributed by atoms with Crippen LogP contribution in [0.3, 0.4) is 0 Å². The van der Waals surface area contributed by atoms with Gasteiger partial charge in [0.25, 0.3) is 0 Å². The van der Waals surface area contributed by atoms with Crippen LogP contribution in [0.1, 0.15) is 42.2 Å². The van der Waals surface area contributed by atoms with E-state index < -0.39 is 30.8 Å². The van der Waals surface area contributed by atoms with E-state index in [2.05, 4.69) is 5.10 Å². The molecular weight excluding hydrogens is 785 g/mol. The topological polar surface area (TPSA) is 151 Å². The van der Waals surface area contributed by atoms with Gasteiger partial charge in [-0.2, -0.15) is 5.10 Å². The van der Waals surface area contributed by atoms with E-state index in [-0.39, 0.29) is 28.4 Å². The summed E-state index contributed by atoms with van der Waals surface area (Å²) in [6.45, 7) is 3.77. The Bertz CT molecular complexity index is 2340. The maximum Gasteiger partial charge on any atom is 0.347 e. The molecule has 51 heavy (non-hydrogen) atoms. The van der Waals surface area contributed by atoms with Gasteiger partial charge in [0.2, 0.25) is 10.0 Å². The molecule has 3 N–H and O–H groups in total. The highest BCUT2D eigenvalue weighted by atomic mass is 33.7. The van der Waals surface area contributed by atoms with Crippen LogP contribution in [-0.2, 0) is 38.4 Å². The highest BCUT2D eigenvalue weighted by Crippen LogP contribution is 3.04. The number of carbonyl (C=O) groups is 2. The summed E-state index contributed by atoms with van der Waals surface area (Å²) in [6.07, 6.45) is 1.59. The Hall–Kier alpha value is -3.26. The van der Waals surface area contributed by atoms with Crippen molar-refractivity contribution < 1.29 is 32.6 Å². The molecule has 1 saturated heterocycles. The Labute approximate surface area is 313 Å². The highest BCUT2D eigenvalue weighted by molar-refractivity contribution is 9.48. The fourth-order valence-corrected chi connectivity index (χ4v) is 47.9. The third-order valence-corrected chi connectivity index (χ3v) is 39.8. The number of phenolic OH excluding ortho intramolecular Hbond substituents is 1. The monoisotopic (exact) mass is 815 g/mol. The van der Waals surface area contributed by atoms with E-state index in [0.29, 0.717) is 34.8 Å². The van der Waals surface area contributed by atoms with Gasteiger partial charge >= 0.3 is 11.9 Å². The van der Waals surface area contributed by atoms with Crippen LogP contribution in [-0.4, -0.2) is 35.2 Å². The first-order valence-corrected chi connectivity index (χ1v) is 26.7. The first-order chi connectivity index (χ1) is 24.2. The van der Waals surface area contributed by atoms with Crippen molar-refractivity contribution in [1.29, 1.82) is 0 Å². The molecule has 0 bridgehead atoms. The number of aryl methyl sites for hydroxylation is 1. The molecule has 0 amide bonds. The van der Waals surface area contributed by atoms with Crippen molar-refractivity contribution in [3.63, 3.8) is 0 Å². The SMILES string of the molecule is CCCCC(=O)Oc1cc(-c2cc(C)nn2-c2ccc(S(N)(=O)=O)cc2)ccc1C(=O)Oc1ccc(P2(=S)SP(=S)(c3ccc(O)cc3)S2)cc1. The summed E-state index contributed by atoms with van der Waals surface area (Å²) in [7, 11) is -3.88. The normalized spacial score (nSPS) is 18.5. The van der Waals surface area contributed by atoms with Gasteiger partial charge in [0, 0.05) is 22.6 Å². The lowest BCUT2D eigenvalue weighted by Crippen LogP contribution is -2.15. The molecule has 264 valence electrons. The lowest BCUT2D eigenvalue weighted by Gasteiger charge is -2.40. The number of nitrogens with two attached hydrogens (primary N) is 1. The molecule has 0 radical (unpaired) electrons. The number of unbranched alkanes of at least 4 members (excludes halogenated alkanes) is 1. The highest BCUT2D eigenvalue weighted by Gasteiger charge is 2.45. The Morgan fingerprint density at radius 1 is 0.882 bits per heavy atom. The summed E-state index contributed by atoms with van der Waals surface area (Å²) < 4.78 is 32.6. The average Bonchev–Trinajstić information content (AvgIpc) is 3.48. The summed E-state index contributed by atoms with van der Waals surface area (Å²) in [5.41, 5.74) is 2.51. The van der Waals surface area contributed by atoms with E-state index in [1.807, 2.05) is 44.2 Å². The largest absolute Gasteiger partial charge is 0.508 e. The molecule has 0 spiro atoms. The predicted octanol–water partition coefficient (Wildman–Crippen LogP) is 7.57. The van der Waals surface area contributed by atoms with Crippen LogP contribution in [0.25, 0.3) is 16.9 Å². The van der Waals surface area contributed by atoms with Crippen LogP contribution >= 0.6 is 30.9 Å². The second-order valence-corrected chi connectivity index (χ2v) is 34.3. The maximum absolute atomic E-state index is 13.6. The standard InChI is InChI=1S/C34H31N3O7P2S5/c1-3-4-5-33(39)44-32-21-23(31-20-22(2)36-37(31)24-7-17-29(18-8-24)51(35,41)42)6-19-30(32)34(40)43-26-11-15-28(16-12-26)46(48)49-45(47,50-46)27-13-9-25(38)10-14-27/h6-21,38H,3-5H2,1-2H3,(H2,35,41,42). The van der Waals surface area contributed by atoms with Gasteiger partial charge in [0.05, 0.1) is 30.9 Å². The molecule has 1 aliphatic rings. The van der Waals surface area contributed by atoms with Gasteiger partial charge in [-0.3, -0.25) is 4.79 Å². The number of aromatic hydroxyl groups is 1. The zero-order valence-corrected chi connectivity index (χ0v) is 33.0. The van der Waals surface area contributed by atoms with E-state index in [4.69, 9.17) is 38.2 Å². The zero-order chi connectivity index (χ0) is 36.6. The van der Waals surface area contributed by atoms with Gasteiger partial charge in [-0.05, 0) is 104 Å². The number of carbonyl (C=O) groups excluding carboxylic acids is 2. The van der Waals surface area contributed by atoms with Gasteiger partial charge in [-0.1, -0.05) is 65.0 Å². The van der Waals surface area contributed by atoms with Crippen molar-refractivity contribution in [2.45, 2.75) is 38.0 Å². The number of ether oxygens (including phenoxy) is 2. The summed E-state index contributed by atoms with van der Waals surface area (Å²) in [6, 6.07) is 26.7. The first kappa shape index (κ1) is 37.5. The fraction of sp³-hybridized carbons (Fsp3) is 0.147. The molecule has 4 aromatic carbocycles. The molecule has 0 saturated carbocycles. The van der Waals surface area contributed by atoms with E-state index in [0.717, 1.165) is 17.0 Å². The Balaban J connectivity index is 1.24. The zero-order valence-electron chi connectivity index (χ0n) is 27.2. The number of esters is 2.